The van der Waals surface area contributed by atoms with E-state index in [1.165, 1.54) is 14.2 Å². The second-order valence-corrected chi connectivity index (χ2v) is 8.40. The van der Waals surface area contributed by atoms with Gasteiger partial charge in [-0.25, -0.2) is 0 Å². The molecule has 1 heterocycles. The van der Waals surface area contributed by atoms with Crippen molar-refractivity contribution in [3.05, 3.63) is 70.3 Å². The Kier molecular flexibility index (Phi) is 6.40. The first-order chi connectivity index (χ1) is 15.8. The number of fused-ring (bicyclic) bond motifs is 1. The predicted molar refractivity (Wildman–Crippen MR) is 136 cm³/mol. The summed E-state index contributed by atoms with van der Waals surface area (Å²) >= 11 is 13.1. The van der Waals surface area contributed by atoms with E-state index in [1.807, 2.05) is 49.3 Å². The van der Waals surface area contributed by atoms with Crippen LogP contribution in [0.5, 0.6) is 11.5 Å². The van der Waals surface area contributed by atoms with Crippen LogP contribution in [0.3, 0.4) is 0 Å². The van der Waals surface area contributed by atoms with E-state index in [-0.39, 0.29) is 5.91 Å². The predicted octanol–water partition coefficient (Wildman–Crippen LogP) is 6.48. The molecule has 3 aromatic carbocycles. The topological polar surface area (TPSA) is 66.6 Å². The Bertz CT molecular complexity index is 1300. The third-order valence-corrected chi connectivity index (χ3v) is 6.19. The van der Waals surface area contributed by atoms with Gasteiger partial charge in [0.2, 0.25) is 0 Å². The Morgan fingerprint density at radius 2 is 1.58 bits per heavy atom. The number of benzene rings is 3. The SMILES string of the molecule is COc1cc(OC)c(Cl)c(-c2ccc3c(NC(=O)c4ccc(N(C)C)cc4)c[nH]c3c2)c1Cl. The van der Waals surface area contributed by atoms with E-state index >= 15 is 0 Å². The molecule has 0 aliphatic heterocycles. The van der Waals surface area contributed by atoms with Crippen LogP contribution < -0.4 is 19.7 Å². The smallest absolute Gasteiger partial charge is 0.255 e. The number of ether oxygens (including phenoxy) is 2. The minimum Gasteiger partial charge on any atom is -0.495 e. The highest BCUT2D eigenvalue weighted by Crippen LogP contribution is 2.46. The highest BCUT2D eigenvalue weighted by Gasteiger charge is 2.19. The molecular weight excluding hydrogens is 461 g/mol. The van der Waals surface area contributed by atoms with Crippen LogP contribution in [0.25, 0.3) is 22.0 Å². The number of aromatic nitrogens is 1. The molecule has 0 bridgehead atoms. The molecule has 6 nitrogen and oxygen atoms in total. The number of H-pyrrole nitrogens is 1. The first-order valence-corrected chi connectivity index (χ1v) is 10.9. The average molecular weight is 484 g/mol. The number of methoxy groups -OCH3 is 2. The lowest BCUT2D eigenvalue weighted by molar-refractivity contribution is 0.102. The fraction of sp³-hybridized carbons (Fsp3) is 0.160. The molecule has 0 radical (unpaired) electrons. The van der Waals surface area contributed by atoms with Crippen LogP contribution in [0.4, 0.5) is 11.4 Å². The van der Waals surface area contributed by atoms with Gasteiger partial charge in [-0.15, -0.1) is 0 Å². The fourth-order valence-electron chi connectivity index (χ4n) is 3.63. The van der Waals surface area contributed by atoms with Gasteiger partial charge in [0.05, 0.1) is 30.0 Å². The van der Waals surface area contributed by atoms with Crippen molar-refractivity contribution in [2.45, 2.75) is 0 Å². The summed E-state index contributed by atoms with van der Waals surface area (Å²) in [6, 6.07) is 14.8. The van der Waals surface area contributed by atoms with Crippen molar-refractivity contribution < 1.29 is 14.3 Å². The normalized spacial score (nSPS) is 10.8. The van der Waals surface area contributed by atoms with Crippen molar-refractivity contribution in [3.8, 4) is 22.6 Å². The van der Waals surface area contributed by atoms with E-state index in [4.69, 9.17) is 32.7 Å². The molecule has 1 aromatic heterocycles. The third kappa shape index (κ3) is 4.32. The number of amides is 1. The van der Waals surface area contributed by atoms with Crippen molar-refractivity contribution in [1.82, 2.24) is 4.98 Å². The van der Waals surface area contributed by atoms with Crippen LogP contribution in [-0.4, -0.2) is 39.2 Å². The molecule has 0 aliphatic carbocycles. The zero-order valence-corrected chi connectivity index (χ0v) is 20.1. The van der Waals surface area contributed by atoms with E-state index < -0.39 is 0 Å². The summed E-state index contributed by atoms with van der Waals surface area (Å²) in [6.45, 7) is 0. The molecule has 4 aromatic rings. The van der Waals surface area contributed by atoms with Gasteiger partial charge in [-0.3, -0.25) is 4.79 Å². The fourth-order valence-corrected chi connectivity index (χ4v) is 4.35. The maximum atomic E-state index is 12.8. The molecule has 0 unspecified atom stereocenters. The first kappa shape index (κ1) is 22.8. The number of anilines is 2. The van der Waals surface area contributed by atoms with E-state index in [0.717, 1.165) is 22.2 Å². The second-order valence-electron chi connectivity index (χ2n) is 7.64. The summed E-state index contributed by atoms with van der Waals surface area (Å²) in [5, 5.41) is 4.62. The lowest BCUT2D eigenvalue weighted by Gasteiger charge is -2.15. The van der Waals surface area contributed by atoms with E-state index in [9.17, 15) is 4.79 Å². The van der Waals surface area contributed by atoms with Crippen molar-refractivity contribution in [3.63, 3.8) is 0 Å². The Balaban J connectivity index is 1.67. The molecule has 0 atom stereocenters. The number of nitrogens with one attached hydrogen (secondary N) is 2. The molecule has 8 heteroatoms. The quantitative estimate of drug-likeness (QED) is 0.329. The van der Waals surface area contributed by atoms with Crippen molar-refractivity contribution in [2.75, 3.05) is 38.5 Å². The third-order valence-electron chi connectivity index (χ3n) is 5.44. The molecular formula is C25H23Cl2N3O3. The van der Waals surface area contributed by atoms with Crippen LogP contribution in [0.1, 0.15) is 10.4 Å². The molecule has 2 N–H and O–H groups in total. The summed E-state index contributed by atoms with van der Waals surface area (Å²) in [4.78, 5) is 17.9. The number of carbonyl (C=O) groups excluding carboxylic acids is 1. The number of hydrogen-bond acceptors (Lipinski definition) is 4. The van der Waals surface area contributed by atoms with Gasteiger partial charge in [-0.1, -0.05) is 35.3 Å². The Morgan fingerprint density at radius 3 is 2.15 bits per heavy atom. The molecule has 0 aliphatic rings. The van der Waals surface area contributed by atoms with Gasteiger partial charge in [0.15, 0.2) is 0 Å². The summed E-state index contributed by atoms with van der Waals surface area (Å²) in [7, 11) is 6.99. The molecule has 4 rings (SSSR count). The number of rotatable bonds is 6. The van der Waals surface area contributed by atoms with Gasteiger partial charge in [-0.2, -0.15) is 0 Å². The number of hydrogen-bond donors (Lipinski definition) is 2. The van der Waals surface area contributed by atoms with E-state index in [0.29, 0.717) is 38.4 Å². The largest absolute Gasteiger partial charge is 0.495 e. The standard InChI is InChI=1S/C25H23Cl2N3O3/c1-30(2)16-8-5-14(6-9-16)25(31)29-19-13-28-18-11-15(7-10-17(18)19)22-23(26)20(32-3)12-21(33-4)24(22)27/h5-13,28H,1-4H3,(H,29,31). The van der Waals surface area contributed by atoms with Crippen LogP contribution in [-0.2, 0) is 0 Å². The van der Waals surface area contributed by atoms with Gasteiger partial charge >= 0.3 is 0 Å². The zero-order chi connectivity index (χ0) is 23.7. The Morgan fingerprint density at radius 1 is 0.939 bits per heavy atom. The monoisotopic (exact) mass is 483 g/mol. The van der Waals surface area contributed by atoms with Crippen molar-refractivity contribution in [1.29, 1.82) is 0 Å². The Hall–Kier alpha value is -3.35. The van der Waals surface area contributed by atoms with E-state index in [2.05, 4.69) is 10.3 Å². The lowest BCUT2D eigenvalue weighted by Crippen LogP contribution is -2.13. The number of nitrogens with zero attached hydrogens (tertiary/aromatic N) is 1. The van der Waals surface area contributed by atoms with Gasteiger partial charge in [0.1, 0.15) is 11.5 Å². The minimum absolute atomic E-state index is 0.186. The van der Waals surface area contributed by atoms with Crippen LogP contribution in [0.15, 0.2) is 54.7 Å². The number of aromatic amines is 1. The molecule has 0 spiro atoms. The summed E-state index contributed by atoms with van der Waals surface area (Å²) in [5.41, 5.74) is 4.50. The molecule has 0 saturated heterocycles. The summed E-state index contributed by atoms with van der Waals surface area (Å²) < 4.78 is 10.7. The van der Waals surface area contributed by atoms with Crippen LogP contribution in [0.2, 0.25) is 10.0 Å². The molecule has 170 valence electrons. The first-order valence-electron chi connectivity index (χ1n) is 10.1. The highest BCUT2D eigenvalue weighted by atomic mass is 35.5. The van der Waals surface area contributed by atoms with Gasteiger partial charge < -0.3 is 24.7 Å². The number of halogens is 2. The molecule has 0 saturated carbocycles. The summed E-state index contributed by atoms with van der Waals surface area (Å²) in [6.07, 6.45) is 1.76. The van der Waals surface area contributed by atoms with E-state index in [1.54, 1.807) is 24.4 Å². The zero-order valence-electron chi connectivity index (χ0n) is 18.6. The Labute approximate surface area is 202 Å². The average Bonchev–Trinajstić information content (AvgIpc) is 3.21. The lowest BCUT2D eigenvalue weighted by atomic mass is 10.0. The maximum Gasteiger partial charge on any atom is 0.255 e. The molecule has 1 amide bonds. The van der Waals surface area contributed by atoms with Crippen LogP contribution in [0, 0.1) is 0 Å². The van der Waals surface area contributed by atoms with Gasteiger partial charge in [0.25, 0.3) is 5.91 Å². The highest BCUT2D eigenvalue weighted by molar-refractivity contribution is 6.41. The minimum atomic E-state index is -0.186. The summed E-state index contributed by atoms with van der Waals surface area (Å²) in [5.74, 6) is 0.745. The maximum absolute atomic E-state index is 12.8. The number of carbonyl (C=O) groups is 1. The van der Waals surface area contributed by atoms with Gasteiger partial charge in [0, 0.05) is 54.1 Å². The van der Waals surface area contributed by atoms with Gasteiger partial charge in [-0.05, 0) is 35.9 Å². The van der Waals surface area contributed by atoms with Crippen LogP contribution >= 0.6 is 23.2 Å². The second kappa shape index (κ2) is 9.25. The van der Waals surface area contributed by atoms with Crippen molar-refractivity contribution in [2.24, 2.45) is 0 Å². The molecule has 0 fully saturated rings. The molecule has 33 heavy (non-hydrogen) atoms. The van der Waals surface area contributed by atoms with Crippen molar-refractivity contribution >= 4 is 51.4 Å².